The maximum absolute atomic E-state index is 12.3. The molecule has 1 aromatic carbocycles. The Balaban J connectivity index is 1.77. The van der Waals surface area contributed by atoms with Crippen LogP contribution in [0.1, 0.15) is 38.3 Å². The lowest BCUT2D eigenvalue weighted by atomic mass is 9.85. The first kappa shape index (κ1) is 12.6. The van der Waals surface area contributed by atoms with Crippen molar-refractivity contribution in [2.24, 2.45) is 0 Å². The van der Waals surface area contributed by atoms with Gasteiger partial charge in [0.05, 0.1) is 17.7 Å². The van der Waals surface area contributed by atoms with Crippen LogP contribution in [0.15, 0.2) is 30.6 Å². The number of nitrogens with zero attached hydrogens (tertiary/aromatic N) is 3. The Morgan fingerprint density at radius 2 is 2.00 bits per heavy atom. The molecule has 0 saturated heterocycles. The molecule has 0 spiro atoms. The normalized spacial score (nSPS) is 20.0. The van der Waals surface area contributed by atoms with E-state index in [0.717, 1.165) is 22.4 Å². The summed E-state index contributed by atoms with van der Waals surface area (Å²) in [6.07, 6.45) is 6.50. The van der Waals surface area contributed by atoms with Gasteiger partial charge in [-0.05, 0) is 43.9 Å². The second-order valence-corrected chi connectivity index (χ2v) is 6.66. The average Bonchev–Trinajstić information content (AvgIpc) is 3.18. The van der Waals surface area contributed by atoms with Crippen LogP contribution in [-0.2, 0) is 10.2 Å². The van der Waals surface area contributed by atoms with E-state index in [-0.39, 0.29) is 5.91 Å². The monoisotopic (exact) mass is 281 g/mol. The van der Waals surface area contributed by atoms with Crippen LogP contribution in [0.25, 0.3) is 11.1 Å². The molecule has 1 amide bonds. The molecule has 0 atom stereocenters. The molecule has 1 aromatic heterocycles. The summed E-state index contributed by atoms with van der Waals surface area (Å²) in [6.45, 7) is 3.98. The van der Waals surface area contributed by atoms with E-state index in [1.165, 1.54) is 12.8 Å². The number of fused-ring (bicyclic) bond motifs is 1. The zero-order valence-electron chi connectivity index (χ0n) is 12.6. The predicted molar refractivity (Wildman–Crippen MR) is 82.4 cm³/mol. The summed E-state index contributed by atoms with van der Waals surface area (Å²) in [4.78, 5) is 14.1. The largest absolute Gasteiger partial charge is 0.314 e. The van der Waals surface area contributed by atoms with Gasteiger partial charge in [-0.3, -0.25) is 9.48 Å². The molecule has 108 valence electrons. The fourth-order valence-electron chi connectivity index (χ4n) is 3.19. The number of rotatable bonds is 2. The molecule has 2 aromatic rings. The number of carbonyl (C=O) groups excluding carboxylic acids is 1. The number of hydrogen-bond donors (Lipinski definition) is 0. The molecule has 1 fully saturated rings. The Morgan fingerprint density at radius 3 is 2.71 bits per heavy atom. The van der Waals surface area contributed by atoms with Gasteiger partial charge in [0.15, 0.2) is 0 Å². The lowest BCUT2D eigenvalue weighted by Gasteiger charge is -2.16. The molecular weight excluding hydrogens is 262 g/mol. The quantitative estimate of drug-likeness (QED) is 0.848. The Labute approximate surface area is 124 Å². The van der Waals surface area contributed by atoms with Crippen LogP contribution < -0.4 is 4.90 Å². The molecule has 0 radical (unpaired) electrons. The maximum Gasteiger partial charge on any atom is 0.236 e. The third-order valence-electron chi connectivity index (χ3n) is 4.73. The summed E-state index contributed by atoms with van der Waals surface area (Å²) in [5, 5.41) is 4.45. The smallest absolute Gasteiger partial charge is 0.236 e. The first-order valence-electron chi connectivity index (χ1n) is 7.46. The van der Waals surface area contributed by atoms with Gasteiger partial charge in [-0.25, -0.2) is 0 Å². The van der Waals surface area contributed by atoms with Crippen molar-refractivity contribution in [2.45, 2.75) is 38.1 Å². The van der Waals surface area contributed by atoms with E-state index >= 15 is 0 Å². The van der Waals surface area contributed by atoms with Gasteiger partial charge in [-0.2, -0.15) is 5.10 Å². The van der Waals surface area contributed by atoms with Crippen LogP contribution in [0, 0.1) is 0 Å². The molecule has 1 aliphatic carbocycles. The second kappa shape index (κ2) is 3.97. The minimum atomic E-state index is -0.430. The van der Waals surface area contributed by atoms with E-state index in [1.807, 2.05) is 27.1 Å². The summed E-state index contributed by atoms with van der Waals surface area (Å²) in [7, 11) is 1.85. The predicted octanol–water partition coefficient (Wildman–Crippen LogP) is 3.14. The first-order chi connectivity index (χ1) is 9.98. The van der Waals surface area contributed by atoms with E-state index in [4.69, 9.17) is 0 Å². The van der Waals surface area contributed by atoms with E-state index in [9.17, 15) is 4.79 Å². The Hall–Kier alpha value is -2.10. The molecule has 0 unspecified atom stereocenters. The maximum atomic E-state index is 12.3. The molecule has 1 aliphatic heterocycles. The van der Waals surface area contributed by atoms with Crippen molar-refractivity contribution in [1.82, 2.24) is 9.78 Å². The van der Waals surface area contributed by atoms with Crippen LogP contribution in [0.2, 0.25) is 0 Å². The van der Waals surface area contributed by atoms with E-state index in [2.05, 4.69) is 34.2 Å². The minimum Gasteiger partial charge on any atom is -0.314 e. The number of likely N-dealkylation sites (N-methyl/N-ethyl adjacent to an activating group) is 1. The number of hydrogen-bond acceptors (Lipinski definition) is 2. The summed E-state index contributed by atoms with van der Waals surface area (Å²) in [5.41, 5.74) is 3.93. The van der Waals surface area contributed by atoms with Crippen LogP contribution in [0.4, 0.5) is 5.69 Å². The van der Waals surface area contributed by atoms with E-state index in [1.54, 1.807) is 4.90 Å². The molecule has 2 aliphatic rings. The van der Waals surface area contributed by atoms with Crippen molar-refractivity contribution in [2.75, 3.05) is 11.9 Å². The zero-order chi connectivity index (χ0) is 14.8. The van der Waals surface area contributed by atoms with Crippen LogP contribution in [0.3, 0.4) is 0 Å². The van der Waals surface area contributed by atoms with Gasteiger partial charge in [-0.15, -0.1) is 0 Å². The number of carbonyl (C=O) groups is 1. The topological polar surface area (TPSA) is 38.1 Å². The van der Waals surface area contributed by atoms with Gasteiger partial charge in [-0.1, -0.05) is 12.1 Å². The summed E-state index contributed by atoms with van der Waals surface area (Å²) in [5.74, 6) is 0.156. The first-order valence-corrected chi connectivity index (χ1v) is 7.46. The van der Waals surface area contributed by atoms with Crippen LogP contribution in [-0.4, -0.2) is 22.7 Å². The number of aromatic nitrogens is 2. The van der Waals surface area contributed by atoms with Crippen molar-refractivity contribution in [3.8, 4) is 11.1 Å². The van der Waals surface area contributed by atoms with E-state index in [0.29, 0.717) is 6.04 Å². The van der Waals surface area contributed by atoms with Crippen molar-refractivity contribution >= 4 is 11.6 Å². The molecule has 4 heteroatoms. The Bertz CT molecular complexity index is 740. The zero-order valence-corrected chi connectivity index (χ0v) is 12.6. The van der Waals surface area contributed by atoms with Gasteiger partial charge in [0, 0.05) is 24.5 Å². The standard InChI is InChI=1S/C17H19N3O/c1-17(2)14-7-4-11(8-15(14)19(3)16(17)21)12-9-18-20(10-12)13-5-6-13/h4,7-10,13H,5-6H2,1-3H3. The van der Waals surface area contributed by atoms with Gasteiger partial charge < -0.3 is 4.90 Å². The highest BCUT2D eigenvalue weighted by molar-refractivity contribution is 6.07. The number of anilines is 1. The summed E-state index contributed by atoms with van der Waals surface area (Å²) < 4.78 is 2.06. The minimum absolute atomic E-state index is 0.156. The molecular formula is C17H19N3O. The van der Waals surface area contributed by atoms with Crippen molar-refractivity contribution in [3.63, 3.8) is 0 Å². The molecule has 2 heterocycles. The highest BCUT2D eigenvalue weighted by Gasteiger charge is 2.42. The third kappa shape index (κ3) is 1.75. The van der Waals surface area contributed by atoms with Crippen molar-refractivity contribution in [1.29, 1.82) is 0 Å². The molecule has 4 rings (SSSR count). The fourth-order valence-corrected chi connectivity index (χ4v) is 3.19. The lowest BCUT2D eigenvalue weighted by molar-refractivity contribution is -0.121. The Morgan fingerprint density at radius 1 is 1.24 bits per heavy atom. The molecule has 0 N–H and O–H groups in total. The fraction of sp³-hybridized carbons (Fsp3) is 0.412. The van der Waals surface area contributed by atoms with E-state index < -0.39 is 5.41 Å². The summed E-state index contributed by atoms with van der Waals surface area (Å²) >= 11 is 0. The highest BCUT2D eigenvalue weighted by atomic mass is 16.2. The third-order valence-corrected chi connectivity index (χ3v) is 4.73. The molecule has 0 bridgehead atoms. The van der Waals surface area contributed by atoms with Crippen molar-refractivity contribution < 1.29 is 4.79 Å². The van der Waals surface area contributed by atoms with Gasteiger partial charge in [0.1, 0.15) is 0 Å². The van der Waals surface area contributed by atoms with Gasteiger partial charge in [0.25, 0.3) is 0 Å². The molecule has 1 saturated carbocycles. The number of amides is 1. The SMILES string of the molecule is CN1C(=O)C(C)(C)c2ccc(-c3cnn(C4CC4)c3)cc21. The van der Waals surface area contributed by atoms with Crippen LogP contribution >= 0.6 is 0 Å². The van der Waals surface area contributed by atoms with Gasteiger partial charge in [0.2, 0.25) is 5.91 Å². The number of benzene rings is 1. The molecule has 4 nitrogen and oxygen atoms in total. The lowest BCUT2D eigenvalue weighted by Crippen LogP contribution is -2.33. The van der Waals surface area contributed by atoms with Gasteiger partial charge >= 0.3 is 0 Å². The second-order valence-electron chi connectivity index (χ2n) is 6.66. The summed E-state index contributed by atoms with van der Waals surface area (Å²) in [6, 6.07) is 6.88. The van der Waals surface area contributed by atoms with Crippen LogP contribution in [0.5, 0.6) is 0 Å². The van der Waals surface area contributed by atoms with Crippen molar-refractivity contribution in [3.05, 3.63) is 36.2 Å². The molecule has 21 heavy (non-hydrogen) atoms. The highest BCUT2D eigenvalue weighted by Crippen LogP contribution is 2.42. The average molecular weight is 281 g/mol. The Kier molecular flexibility index (Phi) is 2.39.